The summed E-state index contributed by atoms with van der Waals surface area (Å²) < 4.78 is 5.75. The number of carbonyl (C=O) groups excluding carboxylic acids is 1. The first-order chi connectivity index (χ1) is 16.2. The van der Waals surface area contributed by atoms with Crippen LogP contribution >= 0.6 is 0 Å². The number of fused-ring (bicyclic) bond motifs is 1. The van der Waals surface area contributed by atoms with Crippen LogP contribution < -0.4 is 15.7 Å². The van der Waals surface area contributed by atoms with Crippen molar-refractivity contribution in [2.75, 3.05) is 5.43 Å². The Labute approximate surface area is 196 Å². The molecule has 2 N–H and O–H groups in total. The summed E-state index contributed by atoms with van der Waals surface area (Å²) in [6.45, 7) is 7.52. The standard InChI is InChI=1S/C26H25N5O3/c1-16-9-5-7-11-18(16)24(33)34-21-14-13-17-10-6-8-12-19(17)20(21)15-27-30-25-28-23(32)22(29-31-25)26(2,3)4/h5-15H,1-4H3,(H2,28,30,31,32)/b27-15+. The molecule has 1 heterocycles. The molecule has 0 radical (unpaired) electrons. The molecule has 172 valence electrons. The van der Waals surface area contributed by atoms with Gasteiger partial charge in [-0.25, -0.2) is 10.2 Å². The van der Waals surface area contributed by atoms with Crippen molar-refractivity contribution in [2.24, 2.45) is 5.10 Å². The van der Waals surface area contributed by atoms with Crippen LogP contribution in [0.5, 0.6) is 5.75 Å². The quantitative estimate of drug-likeness (QED) is 0.197. The van der Waals surface area contributed by atoms with Gasteiger partial charge < -0.3 is 4.74 Å². The molecule has 0 saturated heterocycles. The summed E-state index contributed by atoms with van der Waals surface area (Å²) >= 11 is 0. The van der Waals surface area contributed by atoms with Crippen LogP contribution in [-0.4, -0.2) is 27.4 Å². The van der Waals surface area contributed by atoms with Crippen LogP contribution in [0.1, 0.15) is 48.0 Å². The van der Waals surface area contributed by atoms with E-state index in [4.69, 9.17) is 4.74 Å². The van der Waals surface area contributed by atoms with Gasteiger partial charge in [0.05, 0.1) is 11.8 Å². The maximum atomic E-state index is 12.8. The zero-order valence-electron chi connectivity index (χ0n) is 19.4. The van der Waals surface area contributed by atoms with Crippen molar-refractivity contribution in [2.45, 2.75) is 33.1 Å². The van der Waals surface area contributed by atoms with E-state index < -0.39 is 11.4 Å². The van der Waals surface area contributed by atoms with E-state index in [1.165, 1.54) is 6.21 Å². The Balaban J connectivity index is 1.65. The minimum Gasteiger partial charge on any atom is -0.422 e. The van der Waals surface area contributed by atoms with E-state index >= 15 is 0 Å². The summed E-state index contributed by atoms with van der Waals surface area (Å²) in [6.07, 6.45) is 1.53. The molecular weight excluding hydrogens is 430 g/mol. The average molecular weight is 456 g/mol. The van der Waals surface area contributed by atoms with Gasteiger partial charge in [0, 0.05) is 11.0 Å². The van der Waals surface area contributed by atoms with E-state index in [2.05, 4.69) is 25.7 Å². The number of hydrogen-bond donors (Lipinski definition) is 2. The highest BCUT2D eigenvalue weighted by Crippen LogP contribution is 2.28. The van der Waals surface area contributed by atoms with E-state index in [-0.39, 0.29) is 11.5 Å². The Hall–Kier alpha value is -4.33. The predicted octanol–water partition coefficient (Wildman–Crippen LogP) is 4.59. The molecule has 4 aromatic rings. The van der Waals surface area contributed by atoms with Crippen LogP contribution in [0.25, 0.3) is 10.8 Å². The molecule has 0 aliphatic carbocycles. The van der Waals surface area contributed by atoms with Gasteiger partial charge in [-0.1, -0.05) is 69.3 Å². The number of hydrazone groups is 1. The van der Waals surface area contributed by atoms with Crippen LogP contribution in [0.4, 0.5) is 5.95 Å². The molecule has 0 aliphatic rings. The number of hydrogen-bond acceptors (Lipinski definition) is 7. The average Bonchev–Trinajstić information content (AvgIpc) is 2.79. The monoisotopic (exact) mass is 455 g/mol. The van der Waals surface area contributed by atoms with Crippen molar-refractivity contribution in [3.8, 4) is 5.75 Å². The highest BCUT2D eigenvalue weighted by Gasteiger charge is 2.20. The first kappa shape index (κ1) is 22.8. The second kappa shape index (κ2) is 9.27. The van der Waals surface area contributed by atoms with Crippen molar-refractivity contribution in [1.82, 2.24) is 15.2 Å². The van der Waals surface area contributed by atoms with Gasteiger partial charge in [-0.05, 0) is 35.4 Å². The largest absolute Gasteiger partial charge is 0.422 e. The topological polar surface area (TPSA) is 109 Å². The molecular formula is C26H25N5O3. The predicted molar refractivity (Wildman–Crippen MR) is 133 cm³/mol. The Kier molecular flexibility index (Phi) is 6.23. The summed E-state index contributed by atoms with van der Waals surface area (Å²) in [6, 6.07) is 18.6. The zero-order valence-corrected chi connectivity index (χ0v) is 19.4. The van der Waals surface area contributed by atoms with Gasteiger partial charge in [0.2, 0.25) is 5.95 Å². The molecule has 0 spiro atoms. The lowest BCUT2D eigenvalue weighted by Gasteiger charge is -2.15. The van der Waals surface area contributed by atoms with E-state index in [0.717, 1.165) is 16.3 Å². The maximum Gasteiger partial charge on any atom is 0.343 e. The molecule has 34 heavy (non-hydrogen) atoms. The SMILES string of the molecule is Cc1ccccc1C(=O)Oc1ccc2ccccc2c1/C=N/Nc1nnc(C(C)(C)C)c(=O)[nH]1. The molecule has 0 fully saturated rings. The molecule has 0 aliphatic heterocycles. The van der Waals surface area contributed by atoms with Crippen molar-refractivity contribution < 1.29 is 9.53 Å². The number of rotatable bonds is 5. The molecule has 3 aromatic carbocycles. The van der Waals surface area contributed by atoms with Crippen LogP contribution in [0.15, 0.2) is 70.6 Å². The number of aryl methyl sites for hydroxylation is 1. The fourth-order valence-electron chi connectivity index (χ4n) is 3.49. The zero-order chi connectivity index (χ0) is 24.3. The Morgan fingerprint density at radius 2 is 1.76 bits per heavy atom. The third kappa shape index (κ3) is 4.85. The summed E-state index contributed by atoms with van der Waals surface area (Å²) in [5, 5.41) is 14.1. The number of nitrogens with zero attached hydrogens (tertiary/aromatic N) is 3. The number of carbonyl (C=O) groups is 1. The lowest BCUT2D eigenvalue weighted by Crippen LogP contribution is -2.28. The molecule has 0 unspecified atom stereocenters. The van der Waals surface area contributed by atoms with E-state index in [0.29, 0.717) is 22.6 Å². The van der Waals surface area contributed by atoms with E-state index in [1.54, 1.807) is 18.2 Å². The van der Waals surface area contributed by atoms with Gasteiger partial charge in [0.25, 0.3) is 5.56 Å². The van der Waals surface area contributed by atoms with Gasteiger partial charge in [0.1, 0.15) is 11.4 Å². The third-order valence-electron chi connectivity index (χ3n) is 5.27. The lowest BCUT2D eigenvalue weighted by atomic mass is 9.93. The van der Waals surface area contributed by atoms with Crippen molar-refractivity contribution in [3.05, 3.63) is 93.4 Å². The van der Waals surface area contributed by atoms with Crippen molar-refractivity contribution in [3.63, 3.8) is 0 Å². The number of aromatic amines is 1. The first-order valence-electron chi connectivity index (χ1n) is 10.8. The fraction of sp³-hybridized carbons (Fsp3) is 0.192. The number of H-pyrrole nitrogens is 1. The molecule has 8 heteroatoms. The number of anilines is 1. The Morgan fingerprint density at radius 1 is 1.03 bits per heavy atom. The van der Waals surface area contributed by atoms with Crippen LogP contribution in [0, 0.1) is 6.92 Å². The fourth-order valence-corrected chi connectivity index (χ4v) is 3.49. The van der Waals surface area contributed by atoms with Gasteiger partial charge >= 0.3 is 5.97 Å². The van der Waals surface area contributed by atoms with Gasteiger partial charge in [-0.3, -0.25) is 9.78 Å². The molecule has 1 aromatic heterocycles. The summed E-state index contributed by atoms with van der Waals surface area (Å²) in [4.78, 5) is 27.8. The molecule has 0 atom stereocenters. The summed E-state index contributed by atoms with van der Waals surface area (Å²) in [5.41, 5.74) is 4.19. The normalized spacial score (nSPS) is 11.6. The minimum absolute atomic E-state index is 0.105. The van der Waals surface area contributed by atoms with Crippen molar-refractivity contribution >= 4 is 28.9 Å². The maximum absolute atomic E-state index is 12.8. The number of benzene rings is 3. The molecule has 8 nitrogen and oxygen atoms in total. The molecule has 0 bridgehead atoms. The summed E-state index contributed by atoms with van der Waals surface area (Å²) in [5.74, 6) is 0.0112. The number of nitrogens with one attached hydrogen (secondary N) is 2. The van der Waals surface area contributed by atoms with Crippen LogP contribution in [0.3, 0.4) is 0 Å². The Bertz CT molecular complexity index is 1450. The van der Waals surface area contributed by atoms with Gasteiger partial charge in [0.15, 0.2) is 0 Å². The van der Waals surface area contributed by atoms with Gasteiger partial charge in [-0.15, -0.1) is 10.2 Å². The first-order valence-corrected chi connectivity index (χ1v) is 10.8. The highest BCUT2D eigenvalue weighted by molar-refractivity contribution is 6.04. The van der Waals surface area contributed by atoms with E-state index in [1.807, 2.05) is 70.2 Å². The molecule has 0 saturated carbocycles. The molecule has 4 rings (SSSR count). The summed E-state index contributed by atoms with van der Waals surface area (Å²) in [7, 11) is 0. The minimum atomic E-state index is -0.455. The van der Waals surface area contributed by atoms with Crippen LogP contribution in [-0.2, 0) is 5.41 Å². The van der Waals surface area contributed by atoms with Crippen molar-refractivity contribution in [1.29, 1.82) is 0 Å². The third-order valence-corrected chi connectivity index (χ3v) is 5.27. The number of esters is 1. The van der Waals surface area contributed by atoms with Gasteiger partial charge in [-0.2, -0.15) is 5.10 Å². The smallest absolute Gasteiger partial charge is 0.343 e. The van der Waals surface area contributed by atoms with Crippen LogP contribution in [0.2, 0.25) is 0 Å². The highest BCUT2D eigenvalue weighted by atomic mass is 16.5. The molecule has 0 amide bonds. The second-order valence-corrected chi connectivity index (χ2v) is 8.87. The Morgan fingerprint density at radius 3 is 2.50 bits per heavy atom. The number of aromatic nitrogens is 3. The number of ether oxygens (including phenoxy) is 1. The lowest BCUT2D eigenvalue weighted by molar-refractivity contribution is 0.0734. The second-order valence-electron chi connectivity index (χ2n) is 8.87. The van der Waals surface area contributed by atoms with E-state index in [9.17, 15) is 9.59 Å².